The molecule has 0 aliphatic heterocycles. The molecule has 0 spiro atoms. The van der Waals surface area contributed by atoms with Crippen LogP contribution in [0.2, 0.25) is 25.1 Å². The number of oxazole rings is 1. The van der Waals surface area contributed by atoms with Crippen LogP contribution in [-0.4, -0.2) is 10.9 Å². The Morgan fingerprint density at radius 1 is 0.920 bits per heavy atom. The SMILES string of the molecule is O=C(Nc1c(Cl)cc(Cl)cc1Cl)c1coc(-c2ccc(Cl)c(Cl)c2)n1. The minimum absolute atomic E-state index is 0.0446. The fourth-order valence-electron chi connectivity index (χ4n) is 1.98. The second-order valence-electron chi connectivity index (χ2n) is 4.87. The maximum atomic E-state index is 12.3. The van der Waals surface area contributed by atoms with Gasteiger partial charge in [0.05, 0.1) is 25.8 Å². The van der Waals surface area contributed by atoms with Crippen molar-refractivity contribution >= 4 is 69.6 Å². The van der Waals surface area contributed by atoms with Crippen LogP contribution in [0, 0.1) is 0 Å². The average molecular weight is 437 g/mol. The van der Waals surface area contributed by atoms with E-state index in [9.17, 15) is 4.79 Å². The molecule has 0 saturated carbocycles. The molecule has 0 bridgehead atoms. The molecule has 0 aliphatic carbocycles. The highest BCUT2D eigenvalue weighted by Gasteiger charge is 2.17. The van der Waals surface area contributed by atoms with Gasteiger partial charge in [-0.15, -0.1) is 0 Å². The molecule has 3 rings (SSSR count). The molecule has 1 aromatic heterocycles. The topological polar surface area (TPSA) is 55.1 Å². The summed E-state index contributed by atoms with van der Waals surface area (Å²) < 4.78 is 5.32. The molecule has 9 heteroatoms. The number of rotatable bonds is 3. The molecule has 25 heavy (non-hydrogen) atoms. The Hall–Kier alpha value is -1.43. The fourth-order valence-corrected chi connectivity index (χ4v) is 3.19. The fraction of sp³-hybridized carbons (Fsp3) is 0. The maximum Gasteiger partial charge on any atom is 0.277 e. The number of carbonyl (C=O) groups is 1. The summed E-state index contributed by atoms with van der Waals surface area (Å²) in [7, 11) is 0. The van der Waals surface area contributed by atoms with Crippen molar-refractivity contribution in [2.75, 3.05) is 5.32 Å². The molecule has 0 atom stereocenters. The lowest BCUT2D eigenvalue weighted by Gasteiger charge is -2.08. The van der Waals surface area contributed by atoms with Crippen molar-refractivity contribution in [3.8, 4) is 11.5 Å². The Balaban J connectivity index is 1.85. The van der Waals surface area contributed by atoms with Crippen molar-refractivity contribution in [2.45, 2.75) is 0 Å². The quantitative estimate of drug-likeness (QED) is 0.488. The van der Waals surface area contributed by atoms with Crippen LogP contribution in [0.5, 0.6) is 0 Å². The normalized spacial score (nSPS) is 10.8. The Bertz CT molecular complexity index is 948. The van der Waals surface area contributed by atoms with E-state index in [-0.39, 0.29) is 27.3 Å². The second kappa shape index (κ2) is 7.44. The predicted octanol–water partition coefficient (Wildman–Crippen LogP) is 6.86. The van der Waals surface area contributed by atoms with E-state index >= 15 is 0 Å². The Labute approximate surface area is 167 Å². The van der Waals surface area contributed by atoms with Gasteiger partial charge in [0.2, 0.25) is 5.89 Å². The summed E-state index contributed by atoms with van der Waals surface area (Å²) in [5, 5.41) is 4.10. The third-order valence-corrected chi connectivity index (χ3v) is 4.70. The predicted molar refractivity (Wildman–Crippen MR) is 101 cm³/mol. The van der Waals surface area contributed by atoms with Gasteiger partial charge in [-0.3, -0.25) is 4.79 Å². The van der Waals surface area contributed by atoms with Gasteiger partial charge in [0.15, 0.2) is 5.69 Å². The molecule has 4 nitrogen and oxygen atoms in total. The van der Waals surface area contributed by atoms with Gasteiger partial charge in [-0.1, -0.05) is 58.0 Å². The monoisotopic (exact) mass is 434 g/mol. The van der Waals surface area contributed by atoms with E-state index in [1.807, 2.05) is 0 Å². The van der Waals surface area contributed by atoms with E-state index in [0.29, 0.717) is 20.6 Å². The number of nitrogens with one attached hydrogen (secondary N) is 1. The molecular weight excluding hydrogens is 429 g/mol. The summed E-state index contributed by atoms with van der Waals surface area (Å²) in [6.45, 7) is 0. The number of carbonyl (C=O) groups excluding carboxylic acids is 1. The summed E-state index contributed by atoms with van der Waals surface area (Å²) in [5.41, 5.74) is 0.857. The molecule has 0 radical (unpaired) electrons. The average Bonchev–Trinajstić information content (AvgIpc) is 3.03. The summed E-state index contributed by atoms with van der Waals surface area (Å²) in [4.78, 5) is 16.5. The highest BCUT2D eigenvalue weighted by Crippen LogP contribution is 2.34. The van der Waals surface area contributed by atoms with Crippen molar-refractivity contribution in [3.63, 3.8) is 0 Å². The van der Waals surface area contributed by atoms with Crippen LogP contribution >= 0.6 is 58.0 Å². The second-order valence-corrected chi connectivity index (χ2v) is 6.93. The van der Waals surface area contributed by atoms with Crippen molar-refractivity contribution in [2.24, 2.45) is 0 Å². The van der Waals surface area contributed by atoms with E-state index in [4.69, 9.17) is 62.4 Å². The molecule has 1 heterocycles. The van der Waals surface area contributed by atoms with Crippen LogP contribution in [0.3, 0.4) is 0 Å². The number of amides is 1. The molecule has 3 aromatic rings. The molecule has 0 fully saturated rings. The molecule has 128 valence electrons. The van der Waals surface area contributed by atoms with Crippen LogP contribution in [-0.2, 0) is 0 Å². The molecule has 0 aliphatic rings. The van der Waals surface area contributed by atoms with Crippen LogP contribution in [0.4, 0.5) is 5.69 Å². The van der Waals surface area contributed by atoms with Crippen molar-refractivity contribution in [3.05, 3.63) is 67.4 Å². The number of halogens is 5. The number of hydrogen-bond donors (Lipinski definition) is 1. The smallest absolute Gasteiger partial charge is 0.277 e. The van der Waals surface area contributed by atoms with Crippen molar-refractivity contribution < 1.29 is 9.21 Å². The van der Waals surface area contributed by atoms with E-state index in [1.54, 1.807) is 18.2 Å². The molecule has 1 N–H and O–H groups in total. The first-order valence-corrected chi connectivity index (χ1v) is 8.61. The highest BCUT2D eigenvalue weighted by molar-refractivity contribution is 6.43. The van der Waals surface area contributed by atoms with Gasteiger partial charge in [0, 0.05) is 10.6 Å². The van der Waals surface area contributed by atoms with E-state index in [0.717, 1.165) is 0 Å². The number of hydrogen-bond acceptors (Lipinski definition) is 3. The lowest BCUT2D eigenvalue weighted by atomic mass is 10.2. The summed E-state index contributed by atoms with van der Waals surface area (Å²) in [6, 6.07) is 7.80. The largest absolute Gasteiger partial charge is 0.444 e. The number of benzene rings is 2. The van der Waals surface area contributed by atoms with Gasteiger partial charge in [-0.25, -0.2) is 4.98 Å². The number of aromatic nitrogens is 1. The van der Waals surface area contributed by atoms with Crippen LogP contribution in [0.15, 0.2) is 41.0 Å². The van der Waals surface area contributed by atoms with E-state index < -0.39 is 5.91 Å². The summed E-state index contributed by atoms with van der Waals surface area (Å²) in [6.07, 6.45) is 1.21. The van der Waals surface area contributed by atoms with Gasteiger partial charge >= 0.3 is 0 Å². The lowest BCUT2D eigenvalue weighted by molar-refractivity contribution is 0.102. The third-order valence-electron chi connectivity index (χ3n) is 3.15. The van der Waals surface area contributed by atoms with Crippen LogP contribution in [0.1, 0.15) is 10.5 Å². The molecular formula is C16H7Cl5N2O2. The van der Waals surface area contributed by atoms with Gasteiger partial charge in [-0.2, -0.15) is 0 Å². The first-order chi connectivity index (χ1) is 11.8. The van der Waals surface area contributed by atoms with Crippen molar-refractivity contribution in [1.29, 1.82) is 0 Å². The first-order valence-electron chi connectivity index (χ1n) is 6.72. The van der Waals surface area contributed by atoms with Crippen LogP contribution in [0.25, 0.3) is 11.5 Å². The summed E-state index contributed by atoms with van der Waals surface area (Å²) in [5.74, 6) is -0.321. The Morgan fingerprint density at radius 2 is 1.60 bits per heavy atom. The van der Waals surface area contributed by atoms with Crippen molar-refractivity contribution in [1.82, 2.24) is 4.98 Å². The zero-order valence-corrected chi connectivity index (χ0v) is 15.9. The highest BCUT2D eigenvalue weighted by atomic mass is 35.5. The van der Waals surface area contributed by atoms with Gasteiger partial charge < -0.3 is 9.73 Å². The zero-order valence-electron chi connectivity index (χ0n) is 12.1. The lowest BCUT2D eigenvalue weighted by Crippen LogP contribution is -2.13. The standard InChI is InChI=1S/C16H7Cl5N2O2/c17-8-4-11(20)14(12(21)5-8)23-15(24)13-6-25-16(22-13)7-1-2-9(18)10(19)3-7/h1-6H,(H,23,24). The number of anilines is 1. The van der Waals surface area contributed by atoms with Gasteiger partial charge in [0.25, 0.3) is 5.91 Å². The zero-order chi connectivity index (χ0) is 18.1. The summed E-state index contributed by atoms with van der Waals surface area (Å²) >= 11 is 29.8. The Kier molecular flexibility index (Phi) is 5.46. The molecule has 0 unspecified atom stereocenters. The minimum Gasteiger partial charge on any atom is -0.444 e. The van der Waals surface area contributed by atoms with Gasteiger partial charge in [-0.05, 0) is 30.3 Å². The number of nitrogens with zero attached hydrogens (tertiary/aromatic N) is 1. The maximum absolute atomic E-state index is 12.3. The molecule has 2 aromatic carbocycles. The van der Waals surface area contributed by atoms with E-state index in [1.165, 1.54) is 18.4 Å². The van der Waals surface area contributed by atoms with Gasteiger partial charge in [0.1, 0.15) is 6.26 Å². The Morgan fingerprint density at radius 3 is 2.24 bits per heavy atom. The first kappa shape index (κ1) is 18.4. The van der Waals surface area contributed by atoms with E-state index in [2.05, 4.69) is 10.3 Å². The molecule has 0 saturated heterocycles. The third kappa shape index (κ3) is 4.05. The minimum atomic E-state index is -0.541. The van der Waals surface area contributed by atoms with Crippen LogP contribution < -0.4 is 5.32 Å². The molecule has 1 amide bonds.